The van der Waals surface area contributed by atoms with Gasteiger partial charge >= 0.3 is 0 Å². The predicted octanol–water partition coefficient (Wildman–Crippen LogP) is 1.68. The molecule has 3 nitrogen and oxygen atoms in total. The molecule has 1 aromatic heterocycles. The number of aromatic amines is 1. The molecular formula is C11H10FN3. The number of nitrogens with zero attached hydrogens (tertiary/aromatic N) is 1. The van der Waals surface area contributed by atoms with Crippen LogP contribution in [0.3, 0.4) is 0 Å². The van der Waals surface area contributed by atoms with Crippen molar-refractivity contribution in [3.8, 4) is 6.07 Å². The highest BCUT2D eigenvalue weighted by Gasteiger charge is 2.11. The summed E-state index contributed by atoms with van der Waals surface area (Å²) in [6, 6.07) is 4.81. The summed E-state index contributed by atoms with van der Waals surface area (Å²) in [6.45, 7) is 0.461. The Bertz CT molecular complexity index is 536. The zero-order valence-corrected chi connectivity index (χ0v) is 8.05. The lowest BCUT2D eigenvalue weighted by molar-refractivity contribution is 0.639. The van der Waals surface area contributed by atoms with Crippen LogP contribution in [0.4, 0.5) is 4.39 Å². The number of benzene rings is 1. The van der Waals surface area contributed by atoms with Gasteiger partial charge in [-0.2, -0.15) is 5.26 Å². The van der Waals surface area contributed by atoms with E-state index < -0.39 is 0 Å². The summed E-state index contributed by atoms with van der Waals surface area (Å²) in [4.78, 5) is 2.92. The third kappa shape index (κ3) is 1.47. The van der Waals surface area contributed by atoms with Crippen molar-refractivity contribution in [2.24, 2.45) is 5.73 Å². The van der Waals surface area contributed by atoms with Crippen LogP contribution < -0.4 is 5.73 Å². The molecule has 0 aliphatic rings. The first-order valence-electron chi connectivity index (χ1n) is 4.66. The zero-order valence-electron chi connectivity index (χ0n) is 8.05. The maximum Gasteiger partial charge on any atom is 0.132 e. The minimum atomic E-state index is -0.311. The van der Waals surface area contributed by atoms with Crippen LogP contribution in [0, 0.1) is 17.1 Å². The molecule has 1 aromatic carbocycles. The first-order chi connectivity index (χ1) is 7.27. The summed E-state index contributed by atoms with van der Waals surface area (Å²) < 4.78 is 13.5. The number of rotatable bonds is 2. The first kappa shape index (κ1) is 9.69. The van der Waals surface area contributed by atoms with E-state index in [9.17, 15) is 4.39 Å². The Morgan fingerprint density at radius 2 is 2.27 bits per heavy atom. The summed E-state index contributed by atoms with van der Waals surface area (Å²) in [5.41, 5.74) is 7.26. The molecular weight excluding hydrogens is 193 g/mol. The monoisotopic (exact) mass is 203 g/mol. The first-order valence-corrected chi connectivity index (χ1v) is 4.66. The molecule has 0 bridgehead atoms. The number of fused-ring (bicyclic) bond motifs is 1. The topological polar surface area (TPSA) is 65.6 Å². The van der Waals surface area contributed by atoms with Gasteiger partial charge in [-0.05, 0) is 30.7 Å². The fourth-order valence-electron chi connectivity index (χ4n) is 1.72. The SMILES string of the molecule is N#Cc1ccc(F)c2c(CCN)c[nH]c12. The van der Waals surface area contributed by atoms with E-state index in [1.807, 2.05) is 6.07 Å². The van der Waals surface area contributed by atoms with E-state index in [2.05, 4.69) is 4.98 Å². The highest BCUT2D eigenvalue weighted by Crippen LogP contribution is 2.24. The Hall–Kier alpha value is -1.86. The average molecular weight is 203 g/mol. The summed E-state index contributed by atoms with van der Waals surface area (Å²) in [6.07, 6.45) is 2.31. The van der Waals surface area contributed by atoms with E-state index in [-0.39, 0.29) is 5.82 Å². The van der Waals surface area contributed by atoms with Crippen molar-refractivity contribution in [1.82, 2.24) is 4.98 Å². The predicted molar refractivity (Wildman–Crippen MR) is 55.7 cm³/mol. The molecule has 76 valence electrons. The number of halogens is 1. The van der Waals surface area contributed by atoms with Gasteiger partial charge in [-0.15, -0.1) is 0 Å². The Morgan fingerprint density at radius 3 is 2.93 bits per heavy atom. The molecule has 15 heavy (non-hydrogen) atoms. The highest BCUT2D eigenvalue weighted by molar-refractivity contribution is 5.88. The molecule has 2 aromatic rings. The van der Waals surface area contributed by atoms with Gasteiger partial charge in [-0.25, -0.2) is 4.39 Å². The number of hydrogen-bond donors (Lipinski definition) is 2. The molecule has 3 N–H and O–H groups in total. The Labute approximate surface area is 86.3 Å². The molecule has 0 spiro atoms. The van der Waals surface area contributed by atoms with Gasteiger partial charge in [0.25, 0.3) is 0 Å². The van der Waals surface area contributed by atoms with Gasteiger partial charge < -0.3 is 10.7 Å². The van der Waals surface area contributed by atoms with E-state index in [1.165, 1.54) is 12.1 Å². The molecule has 4 heteroatoms. The second-order valence-corrected chi connectivity index (χ2v) is 3.31. The van der Waals surface area contributed by atoms with Crippen LogP contribution in [0.15, 0.2) is 18.3 Å². The number of H-pyrrole nitrogens is 1. The van der Waals surface area contributed by atoms with E-state index in [0.29, 0.717) is 29.4 Å². The molecule has 0 atom stereocenters. The molecule has 0 amide bonds. The molecule has 0 saturated heterocycles. The van der Waals surface area contributed by atoms with Crippen LogP contribution in [-0.2, 0) is 6.42 Å². The van der Waals surface area contributed by atoms with Crippen molar-refractivity contribution in [1.29, 1.82) is 5.26 Å². The zero-order chi connectivity index (χ0) is 10.8. The maximum atomic E-state index is 13.5. The number of nitrogens with two attached hydrogens (primary N) is 1. The van der Waals surface area contributed by atoms with Gasteiger partial charge in [0.15, 0.2) is 0 Å². The lowest BCUT2D eigenvalue weighted by Gasteiger charge is -1.98. The van der Waals surface area contributed by atoms with Gasteiger partial charge in [0.1, 0.15) is 11.9 Å². The molecule has 0 aliphatic heterocycles. The van der Waals surface area contributed by atoms with Crippen LogP contribution in [-0.4, -0.2) is 11.5 Å². The summed E-state index contributed by atoms with van der Waals surface area (Å²) >= 11 is 0. The van der Waals surface area contributed by atoms with Crippen molar-refractivity contribution >= 4 is 10.9 Å². The van der Waals surface area contributed by atoms with Crippen LogP contribution >= 0.6 is 0 Å². The van der Waals surface area contributed by atoms with Gasteiger partial charge in [0.05, 0.1) is 11.1 Å². The van der Waals surface area contributed by atoms with Crippen LogP contribution in [0.2, 0.25) is 0 Å². The molecule has 0 fully saturated rings. The lowest BCUT2D eigenvalue weighted by atomic mass is 10.1. The Balaban J connectivity index is 2.74. The van der Waals surface area contributed by atoms with Crippen molar-refractivity contribution in [2.45, 2.75) is 6.42 Å². The van der Waals surface area contributed by atoms with E-state index >= 15 is 0 Å². The number of nitrogens with one attached hydrogen (secondary N) is 1. The minimum absolute atomic E-state index is 0.311. The smallest absolute Gasteiger partial charge is 0.132 e. The summed E-state index contributed by atoms with van der Waals surface area (Å²) in [7, 11) is 0. The standard InChI is InChI=1S/C11H10FN3/c12-9-2-1-7(5-14)11-10(9)8(3-4-13)6-15-11/h1-2,6,15H,3-4,13H2. The van der Waals surface area contributed by atoms with Crippen LogP contribution in [0.1, 0.15) is 11.1 Å². The van der Waals surface area contributed by atoms with Crippen LogP contribution in [0.5, 0.6) is 0 Å². The average Bonchev–Trinajstić information content (AvgIpc) is 2.64. The largest absolute Gasteiger partial charge is 0.360 e. The molecule has 0 unspecified atom stereocenters. The summed E-state index contributed by atoms with van der Waals surface area (Å²) in [5.74, 6) is -0.311. The normalized spacial score (nSPS) is 10.5. The number of aromatic nitrogens is 1. The number of hydrogen-bond acceptors (Lipinski definition) is 2. The molecule has 2 rings (SSSR count). The van der Waals surface area contributed by atoms with Crippen molar-refractivity contribution in [2.75, 3.05) is 6.54 Å². The van der Waals surface area contributed by atoms with Crippen LogP contribution in [0.25, 0.3) is 10.9 Å². The highest BCUT2D eigenvalue weighted by atomic mass is 19.1. The molecule has 0 radical (unpaired) electrons. The van der Waals surface area contributed by atoms with Crippen molar-refractivity contribution in [3.63, 3.8) is 0 Å². The Kier molecular flexibility index (Phi) is 2.40. The lowest BCUT2D eigenvalue weighted by Crippen LogP contribution is -2.02. The molecule has 1 heterocycles. The second-order valence-electron chi connectivity index (χ2n) is 3.31. The minimum Gasteiger partial charge on any atom is -0.360 e. The fourth-order valence-corrected chi connectivity index (χ4v) is 1.72. The van der Waals surface area contributed by atoms with Gasteiger partial charge in [-0.3, -0.25) is 0 Å². The van der Waals surface area contributed by atoms with Gasteiger partial charge in [-0.1, -0.05) is 0 Å². The van der Waals surface area contributed by atoms with Gasteiger partial charge in [0.2, 0.25) is 0 Å². The van der Waals surface area contributed by atoms with Gasteiger partial charge in [0, 0.05) is 11.6 Å². The van der Waals surface area contributed by atoms with Crippen molar-refractivity contribution < 1.29 is 4.39 Å². The quantitative estimate of drug-likeness (QED) is 0.779. The third-order valence-corrected chi connectivity index (χ3v) is 2.40. The van der Waals surface area contributed by atoms with Crippen molar-refractivity contribution in [3.05, 3.63) is 35.3 Å². The maximum absolute atomic E-state index is 13.5. The molecule has 0 saturated carbocycles. The van der Waals surface area contributed by atoms with E-state index in [1.54, 1.807) is 6.20 Å². The molecule has 0 aliphatic carbocycles. The van der Waals surface area contributed by atoms with E-state index in [0.717, 1.165) is 5.56 Å². The number of nitriles is 1. The Morgan fingerprint density at radius 1 is 1.47 bits per heavy atom. The second kappa shape index (κ2) is 3.71. The summed E-state index contributed by atoms with van der Waals surface area (Å²) in [5, 5.41) is 9.33. The van der Waals surface area contributed by atoms with E-state index in [4.69, 9.17) is 11.0 Å². The fraction of sp³-hybridized carbons (Fsp3) is 0.182. The third-order valence-electron chi connectivity index (χ3n) is 2.40.